The van der Waals surface area contributed by atoms with Crippen molar-refractivity contribution in [1.29, 1.82) is 0 Å². The first-order valence-corrected chi connectivity index (χ1v) is 10.8. The molecule has 3 aromatic heterocycles. The van der Waals surface area contributed by atoms with E-state index in [-0.39, 0.29) is 11.5 Å². The summed E-state index contributed by atoms with van der Waals surface area (Å²) in [4.78, 5) is 36.2. The molecule has 0 spiro atoms. The molecule has 1 amide bonds. The summed E-state index contributed by atoms with van der Waals surface area (Å²) >= 11 is 1.24. The molecular weight excluding hydrogens is 412 g/mol. The number of benzene rings is 1. The van der Waals surface area contributed by atoms with Crippen LogP contribution in [0.1, 0.15) is 37.9 Å². The van der Waals surface area contributed by atoms with E-state index in [0.717, 1.165) is 22.6 Å². The number of H-pyrrole nitrogens is 1. The molecule has 0 saturated carbocycles. The lowest BCUT2D eigenvalue weighted by Gasteiger charge is -2.14. The third-order valence-corrected chi connectivity index (χ3v) is 6.30. The second-order valence-electron chi connectivity index (χ2n) is 7.77. The third-order valence-electron chi connectivity index (χ3n) is 5.11. The maximum atomic E-state index is 12.9. The minimum atomic E-state index is -0.233. The maximum Gasteiger partial charge on any atom is 0.266 e. The Kier molecular flexibility index (Phi) is 5.75. The Bertz CT molecular complexity index is 1300. The highest BCUT2D eigenvalue weighted by Gasteiger charge is 2.20. The summed E-state index contributed by atoms with van der Waals surface area (Å²) in [6, 6.07) is 9.61. The molecule has 160 valence electrons. The summed E-state index contributed by atoms with van der Waals surface area (Å²) in [5, 5.41) is 3.43. The number of thiophene rings is 1. The highest BCUT2D eigenvalue weighted by molar-refractivity contribution is 7.20. The predicted octanol–water partition coefficient (Wildman–Crippen LogP) is 4.39. The van der Waals surface area contributed by atoms with Crippen LogP contribution in [0.3, 0.4) is 0 Å². The predicted molar refractivity (Wildman–Crippen MR) is 123 cm³/mol. The van der Waals surface area contributed by atoms with Crippen LogP contribution in [0.4, 0.5) is 5.69 Å². The molecule has 31 heavy (non-hydrogen) atoms. The molecule has 0 radical (unpaired) electrons. The normalized spacial score (nSPS) is 11.4. The minimum absolute atomic E-state index is 0.231. The van der Waals surface area contributed by atoms with E-state index in [2.05, 4.69) is 15.3 Å². The molecule has 7 nitrogen and oxygen atoms in total. The zero-order valence-electron chi connectivity index (χ0n) is 17.9. The smallest absolute Gasteiger partial charge is 0.266 e. The summed E-state index contributed by atoms with van der Waals surface area (Å²) < 4.78 is 5.37. The van der Waals surface area contributed by atoms with Crippen molar-refractivity contribution in [2.45, 2.75) is 33.9 Å². The van der Waals surface area contributed by atoms with Crippen molar-refractivity contribution >= 4 is 33.1 Å². The lowest BCUT2D eigenvalue weighted by molar-refractivity contribution is 0.103. The van der Waals surface area contributed by atoms with Crippen molar-refractivity contribution in [3.8, 4) is 0 Å². The van der Waals surface area contributed by atoms with Crippen LogP contribution in [0.5, 0.6) is 0 Å². The van der Waals surface area contributed by atoms with E-state index in [1.165, 1.54) is 11.3 Å². The van der Waals surface area contributed by atoms with Crippen molar-refractivity contribution < 1.29 is 9.21 Å². The van der Waals surface area contributed by atoms with Crippen LogP contribution in [0.25, 0.3) is 10.2 Å². The molecule has 0 atom stereocenters. The number of hydrogen-bond acceptors (Lipinski definition) is 6. The van der Waals surface area contributed by atoms with Crippen LogP contribution >= 0.6 is 11.3 Å². The number of carbonyl (C=O) groups is 1. The molecule has 0 bridgehead atoms. The molecule has 0 aliphatic carbocycles. The van der Waals surface area contributed by atoms with Crippen molar-refractivity contribution in [2.75, 3.05) is 12.4 Å². The standard InChI is InChI=1S/C23H24N4O3S/c1-13-7-8-17(14(2)10-13)24-22(29)20-15(3)19-21(28)25-18(26-23(19)31-20)12-27(4)11-16-6-5-9-30-16/h5-10H,11-12H2,1-4H3,(H,24,29)(H,25,26,28). The fraction of sp³-hybridized carbons (Fsp3) is 0.261. The Labute approximate surface area is 183 Å². The molecule has 0 aliphatic heterocycles. The van der Waals surface area contributed by atoms with Gasteiger partial charge in [0.05, 0.1) is 29.6 Å². The van der Waals surface area contributed by atoms with Gasteiger partial charge in [-0.1, -0.05) is 17.7 Å². The van der Waals surface area contributed by atoms with Crippen LogP contribution in [-0.4, -0.2) is 27.8 Å². The molecule has 3 heterocycles. The van der Waals surface area contributed by atoms with Gasteiger partial charge in [-0.15, -0.1) is 11.3 Å². The zero-order chi connectivity index (χ0) is 22.1. The lowest BCUT2D eigenvalue weighted by Crippen LogP contribution is -2.21. The van der Waals surface area contributed by atoms with Gasteiger partial charge in [-0.25, -0.2) is 4.98 Å². The molecule has 1 aromatic carbocycles. The summed E-state index contributed by atoms with van der Waals surface area (Å²) in [7, 11) is 1.93. The fourth-order valence-corrected chi connectivity index (χ4v) is 4.69. The number of fused-ring (bicyclic) bond motifs is 1. The van der Waals surface area contributed by atoms with E-state index in [4.69, 9.17) is 4.42 Å². The first-order chi connectivity index (χ1) is 14.8. The van der Waals surface area contributed by atoms with Crippen LogP contribution in [-0.2, 0) is 13.1 Å². The Balaban J connectivity index is 1.59. The number of anilines is 1. The number of carbonyl (C=O) groups excluding carboxylic acids is 1. The average molecular weight is 437 g/mol. The molecule has 0 fully saturated rings. The lowest BCUT2D eigenvalue weighted by atomic mass is 10.1. The summed E-state index contributed by atoms with van der Waals surface area (Å²) in [5.41, 5.74) is 3.30. The monoisotopic (exact) mass is 436 g/mol. The highest BCUT2D eigenvalue weighted by atomic mass is 32.1. The third kappa shape index (κ3) is 4.45. The van der Waals surface area contributed by atoms with E-state index in [1.54, 1.807) is 13.2 Å². The SMILES string of the molecule is Cc1ccc(NC(=O)c2sc3nc(CN(C)Cc4ccco4)[nH]c(=O)c3c2C)c(C)c1. The van der Waals surface area contributed by atoms with Crippen LogP contribution < -0.4 is 10.9 Å². The zero-order valence-corrected chi connectivity index (χ0v) is 18.7. The van der Waals surface area contributed by atoms with Crippen molar-refractivity contribution in [1.82, 2.24) is 14.9 Å². The second kappa shape index (κ2) is 8.49. The van der Waals surface area contributed by atoms with Crippen LogP contribution in [0, 0.1) is 20.8 Å². The number of rotatable bonds is 6. The fourth-order valence-electron chi connectivity index (χ4n) is 3.59. The molecule has 8 heteroatoms. The number of nitrogens with one attached hydrogen (secondary N) is 2. The summed E-state index contributed by atoms with van der Waals surface area (Å²) in [6.07, 6.45) is 1.63. The average Bonchev–Trinajstić information content (AvgIpc) is 3.31. The molecule has 0 unspecified atom stereocenters. The number of nitrogens with zero attached hydrogens (tertiary/aromatic N) is 2. The van der Waals surface area contributed by atoms with Crippen LogP contribution in [0.15, 0.2) is 45.8 Å². The molecule has 4 rings (SSSR count). The molecule has 0 saturated heterocycles. The number of hydrogen-bond donors (Lipinski definition) is 2. The van der Waals surface area contributed by atoms with Crippen molar-refractivity contribution in [3.05, 3.63) is 80.1 Å². The van der Waals surface area contributed by atoms with Gasteiger partial charge in [-0.2, -0.15) is 0 Å². The Morgan fingerprint density at radius 3 is 2.74 bits per heavy atom. The van der Waals surface area contributed by atoms with E-state index in [0.29, 0.717) is 39.6 Å². The topological polar surface area (TPSA) is 91.2 Å². The molecule has 4 aromatic rings. The molecular formula is C23H24N4O3S. The Morgan fingerprint density at radius 1 is 1.23 bits per heavy atom. The van der Waals surface area contributed by atoms with Gasteiger partial charge < -0.3 is 14.7 Å². The number of furan rings is 1. The summed E-state index contributed by atoms with van der Waals surface area (Å²) in [5.74, 6) is 1.15. The molecule has 0 aliphatic rings. The number of aromatic amines is 1. The first kappa shape index (κ1) is 21.0. The molecule has 2 N–H and O–H groups in total. The van der Waals surface area contributed by atoms with Crippen molar-refractivity contribution in [3.63, 3.8) is 0 Å². The van der Waals surface area contributed by atoms with Gasteiger partial charge in [-0.3, -0.25) is 14.5 Å². The van der Waals surface area contributed by atoms with E-state index in [1.807, 2.05) is 56.1 Å². The van der Waals surface area contributed by atoms with Crippen LogP contribution in [0.2, 0.25) is 0 Å². The van der Waals surface area contributed by atoms with Gasteiger partial charge in [0.15, 0.2) is 0 Å². The maximum absolute atomic E-state index is 12.9. The highest BCUT2D eigenvalue weighted by Crippen LogP contribution is 2.28. The van der Waals surface area contributed by atoms with Gasteiger partial charge in [-0.05, 0) is 57.1 Å². The van der Waals surface area contributed by atoms with E-state index >= 15 is 0 Å². The second-order valence-corrected chi connectivity index (χ2v) is 8.77. The number of amides is 1. The van der Waals surface area contributed by atoms with Gasteiger partial charge in [0.25, 0.3) is 11.5 Å². The summed E-state index contributed by atoms with van der Waals surface area (Å²) in [6.45, 7) is 6.80. The quantitative estimate of drug-likeness (QED) is 0.468. The van der Waals surface area contributed by atoms with Gasteiger partial charge in [0.1, 0.15) is 16.4 Å². The van der Waals surface area contributed by atoms with E-state index in [9.17, 15) is 9.59 Å². The van der Waals surface area contributed by atoms with Gasteiger partial charge in [0, 0.05) is 5.69 Å². The number of aryl methyl sites for hydroxylation is 3. The number of aromatic nitrogens is 2. The Morgan fingerprint density at radius 2 is 2.03 bits per heavy atom. The minimum Gasteiger partial charge on any atom is -0.468 e. The van der Waals surface area contributed by atoms with Gasteiger partial charge >= 0.3 is 0 Å². The largest absolute Gasteiger partial charge is 0.468 e. The van der Waals surface area contributed by atoms with Crippen molar-refractivity contribution in [2.24, 2.45) is 0 Å². The van der Waals surface area contributed by atoms with E-state index < -0.39 is 0 Å². The Hall–Kier alpha value is -3.23. The first-order valence-electron chi connectivity index (χ1n) is 9.93. The van der Waals surface area contributed by atoms with Gasteiger partial charge in [0.2, 0.25) is 0 Å².